The lowest BCUT2D eigenvalue weighted by atomic mass is 9.62. The normalized spacial score (nSPS) is 25.0. The Morgan fingerprint density at radius 2 is 1.13 bits per heavy atom. The third-order valence-corrected chi connectivity index (χ3v) is 9.15. The van der Waals surface area contributed by atoms with E-state index in [0.29, 0.717) is 0 Å². The molecule has 0 aromatic carbocycles. The smallest absolute Gasteiger partial charge is 0.113 e. The van der Waals surface area contributed by atoms with Gasteiger partial charge in [-0.05, 0) is 99.7 Å². The highest BCUT2D eigenvalue weighted by Gasteiger charge is 2.57. The summed E-state index contributed by atoms with van der Waals surface area (Å²) in [5.74, 6) is 0. The summed E-state index contributed by atoms with van der Waals surface area (Å²) < 4.78 is 7.02. The van der Waals surface area contributed by atoms with E-state index in [1.807, 2.05) is 0 Å². The van der Waals surface area contributed by atoms with Crippen molar-refractivity contribution in [2.45, 2.75) is 126 Å². The van der Waals surface area contributed by atoms with Crippen molar-refractivity contribution in [2.75, 3.05) is 6.61 Å². The molecule has 2 aliphatic carbocycles. The van der Waals surface area contributed by atoms with Gasteiger partial charge in [0.1, 0.15) is 5.60 Å². The average molecular weight is 425 g/mol. The average Bonchev–Trinajstić information content (AvgIpc) is 3.30. The van der Waals surface area contributed by atoms with E-state index in [1.54, 1.807) is 33.4 Å². The number of rotatable bonds is 8. The lowest BCUT2D eigenvalue weighted by Gasteiger charge is -2.46. The molecule has 3 rings (SSSR count). The Bertz CT molecular complexity index is 781. The van der Waals surface area contributed by atoms with Gasteiger partial charge < -0.3 is 4.74 Å². The van der Waals surface area contributed by atoms with E-state index in [0.717, 1.165) is 19.4 Å². The number of allylic oxidation sites excluding steroid dienone is 6. The molecule has 1 heterocycles. The second-order valence-electron chi connectivity index (χ2n) is 11.4. The van der Waals surface area contributed by atoms with Crippen LogP contribution in [0.15, 0.2) is 44.6 Å². The van der Waals surface area contributed by atoms with E-state index < -0.39 is 0 Å². The highest BCUT2D eigenvalue weighted by atomic mass is 16.5. The summed E-state index contributed by atoms with van der Waals surface area (Å²) in [7, 11) is 0. The lowest BCUT2D eigenvalue weighted by molar-refractivity contribution is 0.0401. The molecule has 0 N–H and O–H groups in total. The van der Waals surface area contributed by atoms with Crippen LogP contribution >= 0.6 is 0 Å². The topological polar surface area (TPSA) is 9.23 Å². The van der Waals surface area contributed by atoms with Crippen LogP contribution in [0.1, 0.15) is 121 Å². The van der Waals surface area contributed by atoms with Crippen LogP contribution in [0, 0.1) is 10.8 Å². The largest absolute Gasteiger partial charge is 0.366 e. The van der Waals surface area contributed by atoms with Gasteiger partial charge in [0.25, 0.3) is 0 Å². The van der Waals surface area contributed by atoms with E-state index in [2.05, 4.69) is 69.2 Å². The SMILES string of the molecule is CCCCC1=C(C2(C3=C(CCCC)C(C)=C(C)C3(C)C)CCCO2)C(C)(C)C(C)=C1C. The van der Waals surface area contributed by atoms with E-state index in [4.69, 9.17) is 4.74 Å². The van der Waals surface area contributed by atoms with E-state index in [-0.39, 0.29) is 16.4 Å². The molecule has 0 amide bonds. The summed E-state index contributed by atoms with van der Waals surface area (Å²) >= 11 is 0. The second kappa shape index (κ2) is 8.69. The summed E-state index contributed by atoms with van der Waals surface area (Å²) in [6.07, 6.45) is 9.68. The molecule has 0 aromatic heterocycles. The van der Waals surface area contributed by atoms with Crippen LogP contribution in [0.25, 0.3) is 0 Å². The molecule has 1 heteroatoms. The molecular weight excluding hydrogens is 376 g/mol. The molecule has 0 spiro atoms. The predicted molar refractivity (Wildman–Crippen MR) is 135 cm³/mol. The summed E-state index contributed by atoms with van der Waals surface area (Å²) in [5.41, 5.74) is 12.5. The molecule has 31 heavy (non-hydrogen) atoms. The molecule has 1 nitrogen and oxygen atoms in total. The van der Waals surface area contributed by atoms with Gasteiger partial charge in [0.05, 0.1) is 0 Å². The fraction of sp³-hybridized carbons (Fsp3) is 0.733. The third-order valence-electron chi connectivity index (χ3n) is 9.15. The van der Waals surface area contributed by atoms with Gasteiger partial charge in [0.2, 0.25) is 0 Å². The predicted octanol–water partition coefficient (Wildman–Crippen LogP) is 9.26. The van der Waals surface area contributed by atoms with Crippen molar-refractivity contribution in [3.8, 4) is 0 Å². The zero-order chi connectivity index (χ0) is 23.2. The third kappa shape index (κ3) is 3.64. The minimum Gasteiger partial charge on any atom is -0.366 e. The Kier molecular flexibility index (Phi) is 6.89. The Morgan fingerprint density at radius 1 is 0.710 bits per heavy atom. The second-order valence-corrected chi connectivity index (χ2v) is 11.4. The maximum atomic E-state index is 7.02. The van der Waals surface area contributed by atoms with Crippen LogP contribution in [-0.4, -0.2) is 12.2 Å². The first-order valence-corrected chi connectivity index (χ1v) is 13.0. The number of ether oxygens (including phenoxy) is 1. The van der Waals surface area contributed by atoms with Crippen molar-refractivity contribution >= 4 is 0 Å². The van der Waals surface area contributed by atoms with Crippen LogP contribution in [0.5, 0.6) is 0 Å². The van der Waals surface area contributed by atoms with Crippen LogP contribution in [0.2, 0.25) is 0 Å². The number of hydrogen-bond donors (Lipinski definition) is 0. The fourth-order valence-electron chi connectivity index (χ4n) is 6.88. The van der Waals surface area contributed by atoms with Crippen LogP contribution in [0.3, 0.4) is 0 Å². The first kappa shape index (κ1) is 24.6. The highest BCUT2D eigenvalue weighted by molar-refractivity contribution is 5.63. The molecule has 1 fully saturated rings. The molecule has 0 aromatic rings. The molecule has 0 saturated carbocycles. The Morgan fingerprint density at radius 3 is 1.45 bits per heavy atom. The minimum absolute atomic E-state index is 0.0564. The Balaban J connectivity index is 2.31. The van der Waals surface area contributed by atoms with Gasteiger partial charge in [-0.15, -0.1) is 0 Å². The molecule has 1 saturated heterocycles. The molecular formula is C30H48O. The monoisotopic (exact) mass is 424 g/mol. The van der Waals surface area contributed by atoms with Gasteiger partial charge in [-0.25, -0.2) is 0 Å². The highest BCUT2D eigenvalue weighted by Crippen LogP contribution is 2.63. The van der Waals surface area contributed by atoms with Gasteiger partial charge >= 0.3 is 0 Å². The van der Waals surface area contributed by atoms with Crippen LogP contribution in [-0.2, 0) is 4.74 Å². The number of hydrogen-bond acceptors (Lipinski definition) is 1. The van der Waals surface area contributed by atoms with Crippen molar-refractivity contribution < 1.29 is 4.74 Å². The lowest BCUT2D eigenvalue weighted by Crippen LogP contribution is -2.44. The Labute approximate surface area is 193 Å². The zero-order valence-corrected chi connectivity index (χ0v) is 22.3. The molecule has 0 unspecified atom stereocenters. The summed E-state index contributed by atoms with van der Waals surface area (Å²) in [5, 5.41) is 0. The standard InChI is InChI=1S/C30H48O/c1-11-13-16-24-20(3)22(5)28(7,8)26(24)30(18-15-19-31-30)27-25(17-14-12-2)21(4)23(6)29(27,9)10/h11-19H2,1-10H3. The van der Waals surface area contributed by atoms with Gasteiger partial charge in [-0.1, -0.05) is 65.5 Å². The maximum absolute atomic E-state index is 7.02. The van der Waals surface area contributed by atoms with Crippen molar-refractivity contribution in [3.05, 3.63) is 44.6 Å². The molecule has 0 atom stereocenters. The first-order chi connectivity index (χ1) is 14.5. The minimum atomic E-state index is -0.239. The van der Waals surface area contributed by atoms with Crippen LogP contribution in [0.4, 0.5) is 0 Å². The van der Waals surface area contributed by atoms with Crippen molar-refractivity contribution in [2.24, 2.45) is 10.8 Å². The molecule has 1 aliphatic heterocycles. The molecule has 0 bridgehead atoms. The maximum Gasteiger partial charge on any atom is 0.113 e. The summed E-state index contributed by atoms with van der Waals surface area (Å²) in [6.45, 7) is 24.9. The van der Waals surface area contributed by atoms with Crippen molar-refractivity contribution in [1.29, 1.82) is 0 Å². The van der Waals surface area contributed by atoms with E-state index in [1.165, 1.54) is 49.7 Å². The van der Waals surface area contributed by atoms with Gasteiger partial charge in [0.15, 0.2) is 0 Å². The van der Waals surface area contributed by atoms with Gasteiger partial charge in [-0.3, -0.25) is 0 Å². The van der Waals surface area contributed by atoms with E-state index >= 15 is 0 Å². The first-order valence-electron chi connectivity index (χ1n) is 13.0. The molecule has 0 radical (unpaired) electrons. The summed E-state index contributed by atoms with van der Waals surface area (Å²) in [4.78, 5) is 0. The molecule has 3 aliphatic rings. The van der Waals surface area contributed by atoms with Crippen molar-refractivity contribution in [3.63, 3.8) is 0 Å². The Hall–Kier alpha value is -1.08. The van der Waals surface area contributed by atoms with Crippen molar-refractivity contribution in [1.82, 2.24) is 0 Å². The zero-order valence-electron chi connectivity index (χ0n) is 22.3. The molecule has 174 valence electrons. The van der Waals surface area contributed by atoms with Gasteiger partial charge in [0, 0.05) is 17.4 Å². The van der Waals surface area contributed by atoms with E-state index in [9.17, 15) is 0 Å². The van der Waals surface area contributed by atoms with Gasteiger partial charge in [-0.2, -0.15) is 0 Å². The summed E-state index contributed by atoms with van der Waals surface area (Å²) in [6, 6.07) is 0. The van der Waals surface area contributed by atoms with Crippen LogP contribution < -0.4 is 0 Å². The fourth-order valence-corrected chi connectivity index (χ4v) is 6.88. The number of unbranched alkanes of at least 4 members (excludes halogenated alkanes) is 2. The quantitative estimate of drug-likeness (QED) is 0.377.